The Bertz CT molecular complexity index is 280. The summed E-state index contributed by atoms with van der Waals surface area (Å²) in [4.78, 5) is 25.1. The summed E-state index contributed by atoms with van der Waals surface area (Å²) in [5.41, 5.74) is 5.89. The zero-order valence-corrected chi connectivity index (χ0v) is 10.2. The fourth-order valence-electron chi connectivity index (χ4n) is 1.77. The van der Waals surface area contributed by atoms with Crippen molar-refractivity contribution in [2.24, 2.45) is 11.7 Å². The highest BCUT2D eigenvalue weighted by atomic mass is 16.2. The first kappa shape index (κ1) is 13.0. The van der Waals surface area contributed by atoms with Crippen LogP contribution >= 0.6 is 0 Å². The summed E-state index contributed by atoms with van der Waals surface area (Å²) in [6.07, 6.45) is 0.862. The van der Waals surface area contributed by atoms with Gasteiger partial charge in [0.2, 0.25) is 11.8 Å². The van der Waals surface area contributed by atoms with Crippen molar-refractivity contribution in [3.63, 3.8) is 0 Å². The van der Waals surface area contributed by atoms with Crippen molar-refractivity contribution in [3.8, 4) is 0 Å². The lowest BCUT2D eigenvalue weighted by molar-refractivity contribution is -0.144. The first-order valence-electron chi connectivity index (χ1n) is 5.82. The smallest absolute Gasteiger partial charge is 0.242 e. The highest BCUT2D eigenvalue weighted by Crippen LogP contribution is 2.12. The van der Waals surface area contributed by atoms with Gasteiger partial charge in [-0.1, -0.05) is 20.3 Å². The van der Waals surface area contributed by atoms with Crippen LogP contribution < -0.4 is 11.1 Å². The van der Waals surface area contributed by atoms with Crippen LogP contribution in [-0.4, -0.2) is 41.9 Å². The normalized spacial score (nSPS) is 24.9. The van der Waals surface area contributed by atoms with Crippen LogP contribution in [0.15, 0.2) is 0 Å². The lowest BCUT2D eigenvalue weighted by Crippen LogP contribution is -2.60. The molecule has 0 aromatic rings. The molecular formula is C11H21N3O2. The second-order valence-corrected chi connectivity index (χ2v) is 4.41. The predicted octanol–water partition coefficient (Wildman–Crippen LogP) is -0.293. The molecule has 0 saturated carbocycles. The number of hydrogen-bond donors (Lipinski definition) is 2. The van der Waals surface area contributed by atoms with E-state index in [0.29, 0.717) is 13.1 Å². The van der Waals surface area contributed by atoms with E-state index in [4.69, 9.17) is 5.73 Å². The Morgan fingerprint density at radius 3 is 2.88 bits per heavy atom. The molecule has 0 aromatic heterocycles. The molecule has 16 heavy (non-hydrogen) atoms. The number of hydrogen-bond acceptors (Lipinski definition) is 3. The van der Waals surface area contributed by atoms with E-state index in [1.54, 1.807) is 11.8 Å². The maximum absolute atomic E-state index is 12.1. The highest BCUT2D eigenvalue weighted by molar-refractivity contribution is 5.90. The molecule has 5 nitrogen and oxygen atoms in total. The van der Waals surface area contributed by atoms with Crippen molar-refractivity contribution in [1.82, 2.24) is 10.2 Å². The molecule has 1 fully saturated rings. The first-order valence-corrected chi connectivity index (χ1v) is 5.82. The standard InChI is InChI=1S/C11H21N3O2/c1-4-7(2)9(12)11(16)14-6-5-13-10(15)8(14)3/h7-9H,4-6,12H2,1-3H3,(H,13,15)/t7-,8?,9-/m0/s1. The number of nitrogens with zero attached hydrogens (tertiary/aromatic N) is 1. The van der Waals surface area contributed by atoms with E-state index in [1.807, 2.05) is 13.8 Å². The Kier molecular flexibility index (Phi) is 4.29. The van der Waals surface area contributed by atoms with Crippen molar-refractivity contribution in [3.05, 3.63) is 0 Å². The molecule has 2 amide bonds. The first-order chi connectivity index (χ1) is 7.49. The summed E-state index contributed by atoms with van der Waals surface area (Å²) in [5.74, 6) is -0.0719. The number of carbonyl (C=O) groups is 2. The zero-order valence-electron chi connectivity index (χ0n) is 10.2. The summed E-state index contributed by atoms with van der Waals surface area (Å²) in [6.45, 7) is 6.76. The molecule has 1 heterocycles. The van der Waals surface area contributed by atoms with Gasteiger partial charge in [-0.3, -0.25) is 9.59 Å². The van der Waals surface area contributed by atoms with E-state index < -0.39 is 12.1 Å². The van der Waals surface area contributed by atoms with Gasteiger partial charge in [-0.25, -0.2) is 0 Å². The van der Waals surface area contributed by atoms with Crippen molar-refractivity contribution in [1.29, 1.82) is 0 Å². The maximum atomic E-state index is 12.1. The summed E-state index contributed by atoms with van der Waals surface area (Å²) >= 11 is 0. The quantitative estimate of drug-likeness (QED) is 0.695. The third kappa shape index (κ3) is 2.52. The predicted molar refractivity (Wildman–Crippen MR) is 61.6 cm³/mol. The molecule has 0 bridgehead atoms. The Balaban J connectivity index is 2.69. The van der Waals surface area contributed by atoms with Gasteiger partial charge in [-0.05, 0) is 12.8 Å². The second kappa shape index (κ2) is 5.30. The van der Waals surface area contributed by atoms with Crippen LogP contribution in [0.25, 0.3) is 0 Å². The van der Waals surface area contributed by atoms with Gasteiger partial charge in [-0.2, -0.15) is 0 Å². The Hall–Kier alpha value is -1.10. The molecule has 1 aliphatic heterocycles. The van der Waals surface area contributed by atoms with Gasteiger partial charge in [0.25, 0.3) is 0 Å². The largest absolute Gasteiger partial charge is 0.353 e. The molecule has 0 spiro atoms. The number of piperazine rings is 1. The van der Waals surface area contributed by atoms with E-state index in [-0.39, 0.29) is 17.7 Å². The van der Waals surface area contributed by atoms with Crippen molar-refractivity contribution in [2.45, 2.75) is 39.3 Å². The van der Waals surface area contributed by atoms with Crippen molar-refractivity contribution in [2.75, 3.05) is 13.1 Å². The highest BCUT2D eigenvalue weighted by Gasteiger charge is 2.33. The van der Waals surface area contributed by atoms with Gasteiger partial charge in [0.05, 0.1) is 6.04 Å². The fraction of sp³-hybridized carbons (Fsp3) is 0.818. The number of rotatable bonds is 3. The minimum atomic E-state index is -0.502. The molecular weight excluding hydrogens is 206 g/mol. The molecule has 92 valence electrons. The lowest BCUT2D eigenvalue weighted by atomic mass is 9.98. The molecule has 0 aromatic carbocycles. The molecule has 3 N–H and O–H groups in total. The number of amides is 2. The molecule has 1 unspecified atom stereocenters. The van der Waals surface area contributed by atoms with Crippen LogP contribution in [0.3, 0.4) is 0 Å². The third-order valence-electron chi connectivity index (χ3n) is 3.32. The van der Waals surface area contributed by atoms with Crippen LogP contribution in [0.1, 0.15) is 27.2 Å². The summed E-state index contributed by atoms with van der Waals surface area (Å²) < 4.78 is 0. The number of nitrogens with one attached hydrogen (secondary N) is 1. The van der Waals surface area contributed by atoms with Gasteiger partial charge in [-0.15, -0.1) is 0 Å². The van der Waals surface area contributed by atoms with Crippen molar-refractivity contribution >= 4 is 11.8 Å². The van der Waals surface area contributed by atoms with E-state index in [1.165, 1.54) is 0 Å². The molecule has 1 aliphatic rings. The Labute approximate surface area is 96.4 Å². The van der Waals surface area contributed by atoms with Gasteiger partial charge >= 0.3 is 0 Å². The van der Waals surface area contributed by atoms with Crippen LogP contribution in [-0.2, 0) is 9.59 Å². The van der Waals surface area contributed by atoms with Crippen molar-refractivity contribution < 1.29 is 9.59 Å². The number of nitrogens with two attached hydrogens (primary N) is 1. The monoisotopic (exact) mass is 227 g/mol. The Morgan fingerprint density at radius 1 is 1.69 bits per heavy atom. The third-order valence-corrected chi connectivity index (χ3v) is 3.32. The van der Waals surface area contributed by atoms with Crippen LogP contribution in [0, 0.1) is 5.92 Å². The molecule has 1 saturated heterocycles. The topological polar surface area (TPSA) is 75.4 Å². The number of carbonyl (C=O) groups excluding carboxylic acids is 2. The summed E-state index contributed by atoms with van der Waals surface area (Å²) in [5, 5.41) is 2.73. The summed E-state index contributed by atoms with van der Waals surface area (Å²) in [7, 11) is 0. The van der Waals surface area contributed by atoms with E-state index >= 15 is 0 Å². The molecule has 3 atom stereocenters. The minimum absolute atomic E-state index is 0.101. The van der Waals surface area contributed by atoms with Gasteiger partial charge in [0.1, 0.15) is 6.04 Å². The molecule has 0 radical (unpaired) electrons. The SMILES string of the molecule is CC[C@H](C)[C@H](N)C(=O)N1CCNC(=O)C1C. The second-order valence-electron chi connectivity index (χ2n) is 4.41. The Morgan fingerprint density at radius 2 is 2.31 bits per heavy atom. The minimum Gasteiger partial charge on any atom is -0.353 e. The van der Waals surface area contributed by atoms with E-state index in [2.05, 4.69) is 5.32 Å². The zero-order chi connectivity index (χ0) is 12.3. The van der Waals surface area contributed by atoms with Crippen LogP contribution in [0.4, 0.5) is 0 Å². The average molecular weight is 227 g/mol. The van der Waals surface area contributed by atoms with Gasteiger partial charge < -0.3 is 16.0 Å². The fourth-order valence-corrected chi connectivity index (χ4v) is 1.77. The molecule has 1 rings (SSSR count). The van der Waals surface area contributed by atoms with Crippen LogP contribution in [0.5, 0.6) is 0 Å². The molecule has 5 heteroatoms. The van der Waals surface area contributed by atoms with E-state index in [9.17, 15) is 9.59 Å². The van der Waals surface area contributed by atoms with Crippen LogP contribution in [0.2, 0.25) is 0 Å². The van der Waals surface area contributed by atoms with Gasteiger partial charge in [0.15, 0.2) is 0 Å². The van der Waals surface area contributed by atoms with E-state index in [0.717, 1.165) is 6.42 Å². The molecule has 0 aliphatic carbocycles. The van der Waals surface area contributed by atoms with Gasteiger partial charge in [0, 0.05) is 13.1 Å². The summed E-state index contributed by atoms with van der Waals surface area (Å²) in [6, 6.07) is -0.908. The average Bonchev–Trinajstić information content (AvgIpc) is 2.29. The lowest BCUT2D eigenvalue weighted by Gasteiger charge is -2.35. The maximum Gasteiger partial charge on any atom is 0.242 e.